The molecule has 2 heterocycles. The molecule has 2 aliphatic rings. The van der Waals surface area contributed by atoms with Crippen LogP contribution < -0.4 is 5.32 Å². The predicted molar refractivity (Wildman–Crippen MR) is 117 cm³/mol. The number of hydrogen-bond acceptors (Lipinski definition) is 3. The first-order valence-corrected chi connectivity index (χ1v) is 10.2. The Morgan fingerprint density at radius 3 is 2.72 bits per heavy atom. The number of benzene rings is 2. The summed E-state index contributed by atoms with van der Waals surface area (Å²) in [5, 5.41) is 3.32. The summed E-state index contributed by atoms with van der Waals surface area (Å²) in [4.78, 5) is 32.5. The Labute approximate surface area is 181 Å². The Morgan fingerprint density at radius 1 is 1.24 bits per heavy atom. The molecule has 2 aromatic rings. The highest BCUT2D eigenvalue weighted by Gasteiger charge is 2.49. The van der Waals surface area contributed by atoms with Gasteiger partial charge in [-0.25, -0.2) is 4.99 Å². The molecule has 7 heteroatoms. The molecule has 0 fully saturated rings. The normalized spacial score (nSPS) is 20.2. The molecule has 4 rings (SSSR count). The number of nitrogens with one attached hydrogen (secondary N) is 1. The van der Waals surface area contributed by atoms with Gasteiger partial charge in [0.15, 0.2) is 0 Å². The van der Waals surface area contributed by atoms with Crippen molar-refractivity contribution in [1.82, 2.24) is 10.2 Å². The van der Waals surface area contributed by atoms with E-state index in [1.54, 1.807) is 30.5 Å². The van der Waals surface area contributed by atoms with E-state index in [0.717, 1.165) is 15.6 Å². The van der Waals surface area contributed by atoms with Crippen LogP contribution in [0.2, 0.25) is 5.02 Å². The van der Waals surface area contributed by atoms with Crippen LogP contribution in [-0.4, -0.2) is 28.2 Å². The van der Waals surface area contributed by atoms with Crippen LogP contribution in [0.5, 0.6) is 0 Å². The zero-order chi connectivity index (χ0) is 20.6. The smallest absolute Gasteiger partial charge is 0.281 e. The number of fused-ring (bicyclic) bond motifs is 1. The molecule has 5 nitrogen and oxygen atoms in total. The summed E-state index contributed by atoms with van der Waals surface area (Å²) >= 11 is 9.44. The number of amidine groups is 1. The third-order valence-electron chi connectivity index (χ3n) is 4.75. The van der Waals surface area contributed by atoms with Gasteiger partial charge in [-0.3, -0.25) is 14.5 Å². The second-order valence-electron chi connectivity index (χ2n) is 6.98. The van der Waals surface area contributed by atoms with Gasteiger partial charge in [-0.2, -0.15) is 0 Å². The number of amides is 2. The van der Waals surface area contributed by atoms with Crippen LogP contribution in [-0.2, 0) is 11.2 Å². The highest BCUT2D eigenvalue weighted by Crippen LogP contribution is 2.29. The Bertz CT molecular complexity index is 1090. The Morgan fingerprint density at radius 2 is 2.00 bits per heavy atom. The maximum Gasteiger partial charge on any atom is 0.281 e. The highest BCUT2D eigenvalue weighted by molar-refractivity contribution is 9.10. The van der Waals surface area contributed by atoms with Crippen LogP contribution in [0.1, 0.15) is 22.8 Å². The minimum atomic E-state index is -1.44. The Hall–Kier alpha value is -2.70. The van der Waals surface area contributed by atoms with Gasteiger partial charge in [0.1, 0.15) is 5.84 Å². The van der Waals surface area contributed by atoms with Crippen molar-refractivity contribution in [1.29, 1.82) is 0 Å². The molecule has 146 valence electrons. The lowest BCUT2D eigenvalue weighted by molar-refractivity contribution is -0.130. The third kappa shape index (κ3) is 3.91. The zero-order valence-electron chi connectivity index (χ0n) is 15.5. The topological polar surface area (TPSA) is 61.8 Å². The van der Waals surface area contributed by atoms with Gasteiger partial charge in [-0.15, -0.1) is 0 Å². The van der Waals surface area contributed by atoms with E-state index >= 15 is 0 Å². The zero-order valence-corrected chi connectivity index (χ0v) is 17.9. The van der Waals surface area contributed by atoms with Gasteiger partial charge in [0.25, 0.3) is 11.8 Å². The average molecular weight is 471 g/mol. The van der Waals surface area contributed by atoms with Gasteiger partial charge in [0.05, 0.1) is 0 Å². The van der Waals surface area contributed by atoms with Gasteiger partial charge < -0.3 is 5.32 Å². The SMILES string of the molecule is CC1=CC2=N[C@](Cc3ccc(Br)cc3)(NC(=O)c3cccc(Cl)c3)C(=O)N2C=C1. The van der Waals surface area contributed by atoms with Crippen molar-refractivity contribution in [2.75, 3.05) is 0 Å². The summed E-state index contributed by atoms with van der Waals surface area (Å²) in [6.45, 7) is 1.93. The van der Waals surface area contributed by atoms with Crippen molar-refractivity contribution in [2.45, 2.75) is 19.0 Å². The summed E-state index contributed by atoms with van der Waals surface area (Å²) in [5.74, 6) is -0.198. The van der Waals surface area contributed by atoms with Gasteiger partial charge in [-0.05, 0) is 60.5 Å². The standard InChI is InChI=1S/C22H17BrClN3O2/c1-14-9-10-27-19(11-14)25-22(21(27)29,13-15-5-7-17(23)8-6-15)26-20(28)16-3-2-4-18(24)12-16/h2-12H,13H2,1H3,(H,26,28)/t22-/m1/s1. The fraction of sp³-hybridized carbons (Fsp3) is 0.136. The van der Waals surface area contributed by atoms with Crippen molar-refractivity contribution in [2.24, 2.45) is 4.99 Å². The molecular formula is C22H17BrClN3O2. The summed E-state index contributed by atoms with van der Waals surface area (Å²) in [7, 11) is 0. The monoisotopic (exact) mass is 469 g/mol. The van der Waals surface area contributed by atoms with E-state index in [1.807, 2.05) is 43.3 Å². The van der Waals surface area contributed by atoms with Crippen LogP contribution in [0.15, 0.2) is 81.9 Å². The lowest BCUT2D eigenvalue weighted by Gasteiger charge is -2.27. The maximum atomic E-state index is 13.4. The van der Waals surface area contributed by atoms with Crippen LogP contribution in [0.25, 0.3) is 0 Å². The van der Waals surface area contributed by atoms with Crippen molar-refractivity contribution in [3.05, 3.63) is 93.1 Å². The molecule has 0 radical (unpaired) electrons. The number of allylic oxidation sites excluding steroid dienone is 2. The fourth-order valence-electron chi connectivity index (χ4n) is 3.32. The van der Waals surface area contributed by atoms with Crippen LogP contribution >= 0.6 is 27.5 Å². The van der Waals surface area contributed by atoms with E-state index in [9.17, 15) is 9.59 Å². The summed E-state index contributed by atoms with van der Waals surface area (Å²) in [6, 6.07) is 14.2. The van der Waals surface area contributed by atoms with Gasteiger partial charge in [0, 0.05) is 27.7 Å². The van der Waals surface area contributed by atoms with E-state index in [2.05, 4.69) is 26.2 Å². The number of rotatable bonds is 4. The minimum Gasteiger partial charge on any atom is -0.320 e. The van der Waals surface area contributed by atoms with Crippen LogP contribution in [0.3, 0.4) is 0 Å². The summed E-state index contributed by atoms with van der Waals surface area (Å²) in [6.07, 6.45) is 5.58. The number of carbonyl (C=O) groups excluding carboxylic acids is 2. The molecule has 0 aromatic heterocycles. The molecule has 2 aromatic carbocycles. The molecule has 0 spiro atoms. The molecule has 1 N–H and O–H groups in total. The van der Waals surface area contributed by atoms with Gasteiger partial charge in [-0.1, -0.05) is 45.7 Å². The van der Waals surface area contributed by atoms with E-state index in [1.165, 1.54) is 4.90 Å². The summed E-state index contributed by atoms with van der Waals surface area (Å²) in [5.41, 5.74) is 0.789. The molecule has 2 amide bonds. The second-order valence-corrected chi connectivity index (χ2v) is 8.33. The van der Waals surface area contributed by atoms with E-state index < -0.39 is 11.6 Å². The van der Waals surface area contributed by atoms with E-state index in [4.69, 9.17) is 11.6 Å². The molecule has 29 heavy (non-hydrogen) atoms. The number of nitrogens with zero attached hydrogens (tertiary/aromatic N) is 2. The number of aliphatic imine (C=N–C) groups is 1. The first-order chi connectivity index (χ1) is 13.9. The predicted octanol–water partition coefficient (Wildman–Crippen LogP) is 4.49. The molecule has 2 aliphatic heterocycles. The maximum absolute atomic E-state index is 13.4. The molecule has 0 saturated carbocycles. The van der Waals surface area contributed by atoms with Crippen molar-refractivity contribution < 1.29 is 9.59 Å². The van der Waals surface area contributed by atoms with Crippen LogP contribution in [0, 0.1) is 0 Å². The molecular weight excluding hydrogens is 454 g/mol. The highest BCUT2D eigenvalue weighted by atomic mass is 79.9. The molecule has 0 bridgehead atoms. The first-order valence-electron chi connectivity index (χ1n) is 8.99. The molecule has 0 saturated heterocycles. The van der Waals surface area contributed by atoms with E-state index in [0.29, 0.717) is 16.4 Å². The van der Waals surface area contributed by atoms with Crippen LogP contribution in [0.4, 0.5) is 0 Å². The lowest BCUT2D eigenvalue weighted by Crippen LogP contribution is -2.55. The van der Waals surface area contributed by atoms with Gasteiger partial charge in [0.2, 0.25) is 5.66 Å². The number of hydrogen-bond donors (Lipinski definition) is 1. The molecule has 1 atom stereocenters. The third-order valence-corrected chi connectivity index (χ3v) is 5.51. The average Bonchev–Trinajstić information content (AvgIpc) is 2.94. The van der Waals surface area contributed by atoms with Crippen molar-refractivity contribution in [3.63, 3.8) is 0 Å². The minimum absolute atomic E-state index is 0.228. The van der Waals surface area contributed by atoms with Crippen molar-refractivity contribution >= 4 is 45.2 Å². The number of halogens is 2. The molecule has 0 unspecified atom stereocenters. The van der Waals surface area contributed by atoms with Gasteiger partial charge >= 0.3 is 0 Å². The van der Waals surface area contributed by atoms with E-state index in [-0.39, 0.29) is 12.3 Å². The molecule has 0 aliphatic carbocycles. The largest absolute Gasteiger partial charge is 0.320 e. The first kappa shape index (κ1) is 19.6. The summed E-state index contributed by atoms with van der Waals surface area (Å²) < 4.78 is 0.932. The Kier molecular flexibility index (Phi) is 5.15. The fourth-order valence-corrected chi connectivity index (χ4v) is 3.77. The quantitative estimate of drug-likeness (QED) is 0.716. The van der Waals surface area contributed by atoms with Crippen molar-refractivity contribution in [3.8, 4) is 0 Å². The Balaban J connectivity index is 1.73. The number of carbonyl (C=O) groups is 2. The lowest BCUT2D eigenvalue weighted by atomic mass is 9.98. The second kappa shape index (κ2) is 7.61.